The average molecular weight is 204 g/mol. The quantitative estimate of drug-likeness (QED) is 0.689. The van der Waals surface area contributed by atoms with Gasteiger partial charge in [0.05, 0.1) is 14.2 Å². The van der Waals surface area contributed by atoms with Gasteiger partial charge in [0.1, 0.15) is 5.75 Å². The smallest absolute Gasteiger partial charge is 0.334 e. The van der Waals surface area contributed by atoms with Gasteiger partial charge >= 0.3 is 5.97 Å². The van der Waals surface area contributed by atoms with Crippen LogP contribution in [0, 0.1) is 0 Å². The molecule has 15 heavy (non-hydrogen) atoms. The molecular formula is C12H12O3. The lowest BCUT2D eigenvalue weighted by Crippen LogP contribution is -2.04. The summed E-state index contributed by atoms with van der Waals surface area (Å²) in [5.74, 6) is 0.552. The number of hydrogen-bond acceptors (Lipinski definition) is 3. The number of benzene rings is 1. The summed E-state index contributed by atoms with van der Waals surface area (Å²) in [5.41, 5.74) is 2.77. The molecule has 0 heterocycles. The summed E-state index contributed by atoms with van der Waals surface area (Å²) in [6.45, 7) is 0. The molecule has 1 aliphatic carbocycles. The Hall–Kier alpha value is -1.77. The molecule has 1 aromatic rings. The second-order valence-corrected chi connectivity index (χ2v) is 3.37. The zero-order chi connectivity index (χ0) is 10.8. The van der Waals surface area contributed by atoms with Crippen molar-refractivity contribution in [3.05, 3.63) is 34.9 Å². The number of fused-ring (bicyclic) bond motifs is 1. The van der Waals surface area contributed by atoms with Crippen molar-refractivity contribution in [3.63, 3.8) is 0 Å². The minimum atomic E-state index is -0.270. The Balaban J connectivity index is 2.35. The molecule has 0 bridgehead atoms. The van der Waals surface area contributed by atoms with E-state index in [9.17, 15) is 4.79 Å². The Bertz CT molecular complexity index is 432. The Morgan fingerprint density at radius 2 is 2.13 bits per heavy atom. The molecule has 3 heteroatoms. The van der Waals surface area contributed by atoms with Gasteiger partial charge in [-0.3, -0.25) is 0 Å². The maximum Gasteiger partial charge on any atom is 0.334 e. The number of rotatable bonds is 2. The Morgan fingerprint density at radius 1 is 1.33 bits per heavy atom. The summed E-state index contributed by atoms with van der Waals surface area (Å²) < 4.78 is 9.92. The normalized spacial score (nSPS) is 13.1. The van der Waals surface area contributed by atoms with E-state index in [1.807, 2.05) is 24.3 Å². The van der Waals surface area contributed by atoms with Gasteiger partial charge in [-0.25, -0.2) is 4.79 Å². The van der Waals surface area contributed by atoms with Gasteiger partial charge in [0, 0.05) is 17.6 Å². The predicted octanol–water partition coefficient (Wildman–Crippen LogP) is 1.81. The van der Waals surface area contributed by atoms with Gasteiger partial charge in [-0.05, 0) is 17.7 Å². The molecule has 0 amide bonds. The third kappa shape index (κ3) is 1.61. The van der Waals surface area contributed by atoms with Gasteiger partial charge < -0.3 is 9.47 Å². The van der Waals surface area contributed by atoms with Crippen LogP contribution < -0.4 is 4.74 Å². The van der Waals surface area contributed by atoms with E-state index in [0.29, 0.717) is 12.0 Å². The molecule has 0 aliphatic heterocycles. The van der Waals surface area contributed by atoms with Crippen LogP contribution in [0.1, 0.15) is 11.1 Å². The van der Waals surface area contributed by atoms with Gasteiger partial charge in [-0.1, -0.05) is 12.1 Å². The van der Waals surface area contributed by atoms with E-state index in [1.54, 1.807) is 7.11 Å². The Kier molecular flexibility index (Phi) is 2.46. The second-order valence-electron chi connectivity index (χ2n) is 3.37. The van der Waals surface area contributed by atoms with Gasteiger partial charge in [-0.2, -0.15) is 0 Å². The van der Waals surface area contributed by atoms with Crippen LogP contribution in [0.4, 0.5) is 0 Å². The maximum absolute atomic E-state index is 11.4. The van der Waals surface area contributed by atoms with Crippen molar-refractivity contribution in [2.75, 3.05) is 14.2 Å². The molecule has 0 saturated carbocycles. The molecule has 0 spiro atoms. The second kappa shape index (κ2) is 3.77. The standard InChI is InChI=1S/C12H12O3/c1-14-11-5-3-4-8-6-9(7-10(8)11)12(13)15-2/h3-6H,7H2,1-2H3. The van der Waals surface area contributed by atoms with E-state index in [1.165, 1.54) is 7.11 Å². The molecule has 0 unspecified atom stereocenters. The van der Waals surface area contributed by atoms with Crippen LogP contribution in [0.5, 0.6) is 5.75 Å². The third-order valence-electron chi connectivity index (χ3n) is 2.53. The summed E-state index contributed by atoms with van der Waals surface area (Å²) >= 11 is 0. The van der Waals surface area contributed by atoms with Crippen molar-refractivity contribution < 1.29 is 14.3 Å². The number of hydrogen-bond donors (Lipinski definition) is 0. The Labute approximate surface area is 88.3 Å². The molecule has 3 nitrogen and oxygen atoms in total. The van der Waals surface area contributed by atoms with Crippen LogP contribution in [0.15, 0.2) is 23.8 Å². The third-order valence-corrected chi connectivity index (χ3v) is 2.53. The zero-order valence-corrected chi connectivity index (χ0v) is 8.74. The highest BCUT2D eigenvalue weighted by molar-refractivity contribution is 5.97. The largest absolute Gasteiger partial charge is 0.496 e. The lowest BCUT2D eigenvalue weighted by Gasteiger charge is -2.06. The monoisotopic (exact) mass is 204 g/mol. The zero-order valence-electron chi connectivity index (χ0n) is 8.74. The SMILES string of the molecule is COC(=O)C1=Cc2cccc(OC)c2C1. The van der Waals surface area contributed by atoms with Crippen LogP contribution in [0.2, 0.25) is 0 Å². The fourth-order valence-electron chi connectivity index (χ4n) is 1.79. The Morgan fingerprint density at radius 3 is 2.80 bits per heavy atom. The predicted molar refractivity (Wildman–Crippen MR) is 56.7 cm³/mol. The van der Waals surface area contributed by atoms with Gasteiger partial charge in [0.25, 0.3) is 0 Å². The molecular weight excluding hydrogens is 192 g/mol. The van der Waals surface area contributed by atoms with Crippen molar-refractivity contribution in [2.45, 2.75) is 6.42 Å². The summed E-state index contributed by atoms with van der Waals surface area (Å²) in [6.07, 6.45) is 2.44. The van der Waals surface area contributed by atoms with Crippen molar-refractivity contribution in [3.8, 4) is 5.75 Å². The van der Waals surface area contributed by atoms with Crippen molar-refractivity contribution in [2.24, 2.45) is 0 Å². The van der Waals surface area contributed by atoms with Gasteiger partial charge in [-0.15, -0.1) is 0 Å². The first-order valence-corrected chi connectivity index (χ1v) is 4.71. The highest BCUT2D eigenvalue weighted by atomic mass is 16.5. The average Bonchev–Trinajstić information content (AvgIpc) is 2.71. The molecule has 0 aromatic heterocycles. The first kappa shape index (κ1) is 9.77. The molecule has 0 radical (unpaired) electrons. The lowest BCUT2D eigenvalue weighted by molar-refractivity contribution is -0.136. The van der Waals surface area contributed by atoms with Crippen LogP contribution in [0.3, 0.4) is 0 Å². The van der Waals surface area contributed by atoms with Crippen molar-refractivity contribution >= 4 is 12.0 Å². The van der Waals surface area contributed by atoms with Crippen molar-refractivity contribution in [1.29, 1.82) is 0 Å². The van der Waals surface area contributed by atoms with Gasteiger partial charge in [0.2, 0.25) is 0 Å². The molecule has 78 valence electrons. The molecule has 0 saturated heterocycles. The number of ether oxygens (including phenoxy) is 2. The summed E-state index contributed by atoms with van der Waals surface area (Å²) in [7, 11) is 3.02. The van der Waals surface area contributed by atoms with E-state index >= 15 is 0 Å². The van der Waals surface area contributed by atoms with Crippen LogP contribution in [-0.4, -0.2) is 20.2 Å². The molecule has 1 aliphatic rings. The topological polar surface area (TPSA) is 35.5 Å². The van der Waals surface area contributed by atoms with E-state index in [4.69, 9.17) is 9.47 Å². The van der Waals surface area contributed by atoms with Crippen molar-refractivity contribution in [1.82, 2.24) is 0 Å². The van der Waals surface area contributed by atoms with Crippen LogP contribution >= 0.6 is 0 Å². The molecule has 0 N–H and O–H groups in total. The first-order valence-electron chi connectivity index (χ1n) is 4.71. The fraction of sp³-hybridized carbons (Fsp3) is 0.250. The minimum absolute atomic E-state index is 0.270. The lowest BCUT2D eigenvalue weighted by atomic mass is 10.1. The minimum Gasteiger partial charge on any atom is -0.496 e. The molecule has 0 atom stereocenters. The van der Waals surface area contributed by atoms with E-state index in [0.717, 1.165) is 16.9 Å². The fourth-order valence-corrected chi connectivity index (χ4v) is 1.79. The highest BCUT2D eigenvalue weighted by Gasteiger charge is 2.21. The van der Waals surface area contributed by atoms with Crippen LogP contribution in [0.25, 0.3) is 6.08 Å². The number of methoxy groups -OCH3 is 2. The first-order chi connectivity index (χ1) is 7.26. The molecule has 1 aromatic carbocycles. The number of carbonyl (C=O) groups excluding carboxylic acids is 1. The molecule has 2 rings (SSSR count). The molecule has 0 fully saturated rings. The summed E-state index contributed by atoms with van der Waals surface area (Å²) in [6, 6.07) is 5.77. The number of carbonyl (C=O) groups is 1. The van der Waals surface area contributed by atoms with Crippen LogP contribution in [-0.2, 0) is 16.0 Å². The number of esters is 1. The van der Waals surface area contributed by atoms with E-state index in [-0.39, 0.29) is 5.97 Å². The van der Waals surface area contributed by atoms with E-state index < -0.39 is 0 Å². The van der Waals surface area contributed by atoms with E-state index in [2.05, 4.69) is 0 Å². The maximum atomic E-state index is 11.4. The summed E-state index contributed by atoms with van der Waals surface area (Å²) in [5, 5.41) is 0. The highest BCUT2D eigenvalue weighted by Crippen LogP contribution is 2.32. The summed E-state index contributed by atoms with van der Waals surface area (Å²) in [4.78, 5) is 11.4. The van der Waals surface area contributed by atoms with Gasteiger partial charge in [0.15, 0.2) is 0 Å².